The number of H-pyrrole nitrogens is 1. The van der Waals surface area contributed by atoms with E-state index in [2.05, 4.69) is 15.5 Å². The van der Waals surface area contributed by atoms with Gasteiger partial charge < -0.3 is 20.1 Å². The van der Waals surface area contributed by atoms with Crippen molar-refractivity contribution >= 4 is 28.0 Å². The van der Waals surface area contributed by atoms with Crippen LogP contribution in [0.15, 0.2) is 72.8 Å². The van der Waals surface area contributed by atoms with E-state index in [1.54, 1.807) is 73.8 Å². The Morgan fingerprint density at radius 1 is 1.00 bits per heavy atom. The topological polar surface area (TPSA) is 90.5 Å². The number of carbonyl (C=O) groups is 1. The predicted octanol–water partition coefficient (Wildman–Crippen LogP) is 5.81. The van der Waals surface area contributed by atoms with Crippen molar-refractivity contribution in [2.24, 2.45) is 0 Å². The van der Waals surface area contributed by atoms with Gasteiger partial charge in [-0.05, 0) is 65.1 Å². The van der Waals surface area contributed by atoms with Gasteiger partial charge in [0.25, 0.3) is 0 Å². The molecule has 4 aromatic rings. The number of aliphatic hydroxyl groups is 1. The van der Waals surface area contributed by atoms with E-state index in [9.17, 15) is 22.4 Å². The summed E-state index contributed by atoms with van der Waals surface area (Å²) in [4.78, 5) is 13.4. The Morgan fingerprint density at radius 3 is 2.42 bits per heavy atom. The van der Waals surface area contributed by atoms with Crippen LogP contribution in [0.3, 0.4) is 0 Å². The molecule has 0 saturated carbocycles. The number of alkyl halides is 3. The summed E-state index contributed by atoms with van der Waals surface area (Å²) in [5.41, 5.74) is 2.13. The van der Waals surface area contributed by atoms with Crippen molar-refractivity contribution in [3.63, 3.8) is 0 Å². The Labute approximate surface area is 247 Å². The number of nitrogens with one attached hydrogen (secondary N) is 2. The molecule has 0 atom stereocenters. The summed E-state index contributed by atoms with van der Waals surface area (Å²) in [6.45, 7) is 1.75. The monoisotopic (exact) mass is 598 g/mol. The number of fused-ring (bicyclic) bond motifs is 1. The van der Waals surface area contributed by atoms with E-state index in [4.69, 9.17) is 9.84 Å². The quantitative estimate of drug-likeness (QED) is 0.0968. The average Bonchev–Trinajstić information content (AvgIpc) is 3.36. The van der Waals surface area contributed by atoms with Crippen LogP contribution in [-0.2, 0) is 4.79 Å². The van der Waals surface area contributed by atoms with Gasteiger partial charge in [-0.2, -0.15) is 22.7 Å². The van der Waals surface area contributed by atoms with Crippen molar-refractivity contribution < 1.29 is 32.2 Å². The summed E-state index contributed by atoms with van der Waals surface area (Å²) in [5, 5.41) is 18.5. The lowest BCUT2D eigenvalue weighted by Gasteiger charge is -2.19. The number of nitrogens with zero attached hydrogens (tertiary/aromatic N) is 2. The van der Waals surface area contributed by atoms with Gasteiger partial charge in [-0.25, -0.2) is 0 Å². The van der Waals surface area contributed by atoms with Gasteiger partial charge in [0.2, 0.25) is 11.9 Å². The highest BCUT2D eigenvalue weighted by atomic mass is 19.4. The second kappa shape index (κ2) is 14.8. The van der Waals surface area contributed by atoms with E-state index in [1.165, 1.54) is 11.0 Å². The second-order valence-corrected chi connectivity index (χ2v) is 10.0. The Morgan fingerprint density at radius 2 is 1.72 bits per heavy atom. The minimum Gasteiger partial charge on any atom is -0.492 e. The lowest BCUT2D eigenvalue weighted by Crippen LogP contribution is -2.30. The third-order valence-corrected chi connectivity index (χ3v) is 6.89. The summed E-state index contributed by atoms with van der Waals surface area (Å²) >= 11 is 0. The van der Waals surface area contributed by atoms with Crippen LogP contribution < -0.4 is 10.1 Å². The summed E-state index contributed by atoms with van der Waals surface area (Å²) in [6, 6.07) is 19.9. The number of allylic oxidation sites excluding steroid dienone is 1. The standard InChI is InChI=1S/C32H34F4N4O3/c1-40(17-18-41)29(42)8-5-15-37-16-19-43-25-12-9-23(10-13-25)30(24-11-14-28-26(20-24)31(33)39-38-28)27(21-32(34,35)36)22-6-3-2-4-7-22/h2-4,6-7,9-14,20,37,41H,5,8,15-19,21H2,1H3,(H,38,39)/b30-27+. The van der Waals surface area contributed by atoms with Crippen molar-refractivity contribution in [2.75, 3.05) is 39.9 Å². The molecule has 0 aliphatic carbocycles. The largest absolute Gasteiger partial charge is 0.492 e. The summed E-state index contributed by atoms with van der Waals surface area (Å²) in [5.74, 6) is -0.147. The number of aromatic nitrogens is 2. The first-order valence-electron chi connectivity index (χ1n) is 13.9. The van der Waals surface area contributed by atoms with Crippen LogP contribution in [0.4, 0.5) is 17.6 Å². The maximum atomic E-state index is 14.4. The van der Waals surface area contributed by atoms with Gasteiger partial charge in [0.15, 0.2) is 0 Å². The van der Waals surface area contributed by atoms with Crippen LogP contribution in [-0.4, -0.2) is 72.2 Å². The van der Waals surface area contributed by atoms with Crippen LogP contribution in [0.25, 0.3) is 22.0 Å². The zero-order valence-corrected chi connectivity index (χ0v) is 23.8. The maximum Gasteiger partial charge on any atom is 0.393 e. The second-order valence-electron chi connectivity index (χ2n) is 10.0. The average molecular weight is 599 g/mol. The molecule has 4 rings (SSSR count). The summed E-state index contributed by atoms with van der Waals surface area (Å²) in [7, 11) is 1.65. The van der Waals surface area contributed by atoms with E-state index in [0.29, 0.717) is 72.6 Å². The molecule has 0 radical (unpaired) electrons. The number of benzene rings is 3. The van der Waals surface area contributed by atoms with Crippen molar-refractivity contribution in [1.29, 1.82) is 0 Å². The Bertz CT molecular complexity index is 1520. The van der Waals surface area contributed by atoms with E-state index >= 15 is 0 Å². The molecule has 0 aliphatic heterocycles. The third-order valence-electron chi connectivity index (χ3n) is 6.89. The molecule has 0 fully saturated rings. The molecular weight excluding hydrogens is 564 g/mol. The Hall–Kier alpha value is -4.22. The van der Waals surface area contributed by atoms with Gasteiger partial charge in [0.05, 0.1) is 23.9 Å². The highest BCUT2D eigenvalue weighted by Gasteiger charge is 2.31. The lowest BCUT2D eigenvalue weighted by atomic mass is 9.87. The molecule has 3 N–H and O–H groups in total. The number of aliphatic hydroxyl groups excluding tert-OH is 1. The lowest BCUT2D eigenvalue weighted by molar-refractivity contribution is -0.130. The molecule has 0 bridgehead atoms. The van der Waals surface area contributed by atoms with E-state index < -0.39 is 18.5 Å². The molecule has 1 heterocycles. The van der Waals surface area contributed by atoms with Gasteiger partial charge in [-0.1, -0.05) is 48.5 Å². The van der Waals surface area contributed by atoms with Crippen LogP contribution in [0.1, 0.15) is 36.0 Å². The molecular formula is C32H34F4N4O3. The first-order chi connectivity index (χ1) is 20.7. The molecule has 1 aromatic heterocycles. The number of carbonyl (C=O) groups excluding carboxylic acids is 1. The fourth-order valence-corrected chi connectivity index (χ4v) is 4.74. The van der Waals surface area contributed by atoms with Crippen LogP contribution in [0.2, 0.25) is 0 Å². The van der Waals surface area contributed by atoms with Gasteiger partial charge in [-0.15, -0.1) is 0 Å². The fraction of sp³-hybridized carbons (Fsp3) is 0.312. The first kappa shape index (κ1) is 31.7. The van der Waals surface area contributed by atoms with Crippen molar-refractivity contribution in [2.45, 2.75) is 25.4 Å². The maximum absolute atomic E-state index is 14.4. The predicted molar refractivity (Wildman–Crippen MR) is 158 cm³/mol. The number of ether oxygens (including phenoxy) is 1. The van der Waals surface area contributed by atoms with Crippen molar-refractivity contribution in [3.05, 3.63) is 95.4 Å². The number of likely N-dealkylation sites (N-methyl/N-ethyl adjacent to an activating group) is 1. The molecule has 43 heavy (non-hydrogen) atoms. The molecule has 0 spiro atoms. The van der Waals surface area contributed by atoms with Crippen molar-refractivity contribution in [1.82, 2.24) is 20.4 Å². The zero-order chi connectivity index (χ0) is 30.8. The number of hydrogen-bond acceptors (Lipinski definition) is 5. The normalized spacial score (nSPS) is 12.3. The molecule has 11 heteroatoms. The SMILES string of the molecule is CN(CCO)C(=O)CCCNCCOc1ccc(/C(=C(/CC(F)(F)F)c2ccccc2)c2ccc3n[nH]c(F)c3c2)cc1. The third kappa shape index (κ3) is 8.89. The van der Waals surface area contributed by atoms with Gasteiger partial charge in [0.1, 0.15) is 12.4 Å². The number of halogens is 4. The summed E-state index contributed by atoms with van der Waals surface area (Å²) in [6.07, 6.45) is -4.64. The molecule has 0 saturated heterocycles. The number of aromatic amines is 1. The van der Waals surface area contributed by atoms with E-state index in [0.717, 1.165) is 0 Å². The fourth-order valence-electron chi connectivity index (χ4n) is 4.74. The number of hydrogen-bond donors (Lipinski definition) is 3. The van der Waals surface area contributed by atoms with Gasteiger partial charge in [-0.3, -0.25) is 9.89 Å². The Kier molecular flexibility index (Phi) is 10.9. The minimum absolute atomic E-state index is 0.0268. The van der Waals surface area contributed by atoms with Crippen LogP contribution in [0, 0.1) is 5.95 Å². The Balaban J connectivity index is 1.52. The molecule has 0 aliphatic rings. The van der Waals surface area contributed by atoms with Crippen LogP contribution in [0.5, 0.6) is 5.75 Å². The molecule has 0 unspecified atom stereocenters. The molecule has 1 amide bonds. The van der Waals surface area contributed by atoms with Gasteiger partial charge >= 0.3 is 6.18 Å². The highest BCUT2D eigenvalue weighted by Crippen LogP contribution is 2.40. The molecule has 7 nitrogen and oxygen atoms in total. The molecule has 228 valence electrons. The molecule has 3 aromatic carbocycles. The summed E-state index contributed by atoms with van der Waals surface area (Å²) < 4.78 is 61.9. The van der Waals surface area contributed by atoms with Gasteiger partial charge in [0, 0.05) is 26.6 Å². The van der Waals surface area contributed by atoms with E-state index in [-0.39, 0.29) is 23.5 Å². The van der Waals surface area contributed by atoms with Crippen LogP contribution >= 0.6 is 0 Å². The smallest absolute Gasteiger partial charge is 0.393 e. The number of amides is 1. The minimum atomic E-state index is -4.49. The highest BCUT2D eigenvalue weighted by molar-refractivity contribution is 6.00. The number of rotatable bonds is 14. The zero-order valence-electron chi connectivity index (χ0n) is 23.8. The first-order valence-corrected chi connectivity index (χ1v) is 13.9. The van der Waals surface area contributed by atoms with Crippen molar-refractivity contribution in [3.8, 4) is 5.75 Å². The van der Waals surface area contributed by atoms with E-state index in [1.807, 2.05) is 0 Å².